The number of rotatable bonds is 8. The van der Waals surface area contributed by atoms with Crippen LogP contribution in [0.25, 0.3) is 0 Å². The number of hydrogen-bond acceptors (Lipinski definition) is 3. The number of carboxylic acids is 1. The molecule has 0 aliphatic rings. The number of aliphatic carboxylic acids is 1. The van der Waals surface area contributed by atoms with E-state index in [1.807, 2.05) is 0 Å². The van der Waals surface area contributed by atoms with Crippen LogP contribution < -0.4 is 5.32 Å². The summed E-state index contributed by atoms with van der Waals surface area (Å²) in [7, 11) is 0. The van der Waals surface area contributed by atoms with Gasteiger partial charge in [0.1, 0.15) is 5.75 Å². The van der Waals surface area contributed by atoms with Crippen molar-refractivity contribution in [2.24, 2.45) is 0 Å². The second kappa shape index (κ2) is 8.13. The molecule has 0 saturated heterocycles. The van der Waals surface area contributed by atoms with Crippen molar-refractivity contribution in [2.45, 2.75) is 32.1 Å². The van der Waals surface area contributed by atoms with Crippen LogP contribution in [0.2, 0.25) is 0 Å². The summed E-state index contributed by atoms with van der Waals surface area (Å²) >= 11 is 0. The van der Waals surface area contributed by atoms with E-state index in [1.165, 1.54) is 0 Å². The number of benzene rings is 1. The van der Waals surface area contributed by atoms with Gasteiger partial charge in [-0.2, -0.15) is 0 Å². The van der Waals surface area contributed by atoms with Crippen molar-refractivity contribution in [2.75, 3.05) is 6.54 Å². The zero-order valence-corrected chi connectivity index (χ0v) is 10.8. The second-order valence-corrected chi connectivity index (χ2v) is 4.40. The topological polar surface area (TPSA) is 86.6 Å². The van der Waals surface area contributed by atoms with Crippen LogP contribution in [0.4, 0.5) is 0 Å². The van der Waals surface area contributed by atoms with Gasteiger partial charge in [0.15, 0.2) is 0 Å². The standard InChI is InChI=1S/C14H19NO4/c16-12-6-4-5-11(9-12)10-13(17)15-8-3-1-2-7-14(18)19/h4-6,9,16H,1-3,7-8,10H2,(H,15,17)(H,18,19). The summed E-state index contributed by atoms with van der Waals surface area (Å²) in [6.07, 6.45) is 2.62. The Hall–Kier alpha value is -2.04. The van der Waals surface area contributed by atoms with E-state index in [2.05, 4.69) is 5.32 Å². The highest BCUT2D eigenvalue weighted by Crippen LogP contribution is 2.11. The van der Waals surface area contributed by atoms with Crippen LogP contribution in [0.1, 0.15) is 31.2 Å². The first-order chi connectivity index (χ1) is 9.08. The minimum atomic E-state index is -0.784. The van der Waals surface area contributed by atoms with Crippen molar-refractivity contribution >= 4 is 11.9 Å². The fourth-order valence-corrected chi connectivity index (χ4v) is 1.72. The average Bonchev–Trinajstić information content (AvgIpc) is 2.33. The molecule has 1 aromatic carbocycles. The SMILES string of the molecule is O=C(O)CCCCCNC(=O)Cc1cccc(O)c1. The van der Waals surface area contributed by atoms with Crippen molar-refractivity contribution in [3.05, 3.63) is 29.8 Å². The van der Waals surface area contributed by atoms with Crippen LogP contribution in [0.5, 0.6) is 5.75 Å². The molecule has 104 valence electrons. The Labute approximate surface area is 112 Å². The Morgan fingerprint density at radius 3 is 2.63 bits per heavy atom. The fraction of sp³-hybridized carbons (Fsp3) is 0.429. The van der Waals surface area contributed by atoms with Crippen LogP contribution in [0, 0.1) is 0 Å². The van der Waals surface area contributed by atoms with Crippen molar-refractivity contribution in [3.63, 3.8) is 0 Å². The number of carbonyl (C=O) groups is 2. The van der Waals surface area contributed by atoms with Gasteiger partial charge in [-0.15, -0.1) is 0 Å². The number of carboxylic acid groups (broad SMARTS) is 1. The van der Waals surface area contributed by atoms with E-state index in [0.29, 0.717) is 13.0 Å². The number of unbranched alkanes of at least 4 members (excludes halogenated alkanes) is 2. The highest BCUT2D eigenvalue weighted by Gasteiger charge is 2.03. The van der Waals surface area contributed by atoms with Gasteiger partial charge < -0.3 is 15.5 Å². The Bertz CT molecular complexity index is 431. The molecule has 0 aliphatic heterocycles. The summed E-state index contributed by atoms with van der Waals surface area (Å²) in [4.78, 5) is 21.9. The Kier molecular flexibility index (Phi) is 6.43. The van der Waals surface area contributed by atoms with E-state index in [4.69, 9.17) is 5.11 Å². The predicted molar refractivity (Wildman–Crippen MR) is 70.9 cm³/mol. The lowest BCUT2D eigenvalue weighted by atomic mass is 10.1. The van der Waals surface area contributed by atoms with Crippen molar-refractivity contribution in [3.8, 4) is 5.75 Å². The zero-order chi connectivity index (χ0) is 14.1. The first-order valence-electron chi connectivity index (χ1n) is 6.34. The number of nitrogens with one attached hydrogen (secondary N) is 1. The first-order valence-corrected chi connectivity index (χ1v) is 6.34. The monoisotopic (exact) mass is 265 g/mol. The molecule has 0 spiro atoms. The summed E-state index contributed by atoms with van der Waals surface area (Å²) in [6.45, 7) is 0.553. The Morgan fingerprint density at radius 2 is 1.95 bits per heavy atom. The molecule has 0 bridgehead atoms. The lowest BCUT2D eigenvalue weighted by molar-refractivity contribution is -0.137. The summed E-state index contributed by atoms with van der Waals surface area (Å²) < 4.78 is 0. The van der Waals surface area contributed by atoms with Gasteiger partial charge in [0.05, 0.1) is 6.42 Å². The highest BCUT2D eigenvalue weighted by atomic mass is 16.4. The number of carbonyl (C=O) groups excluding carboxylic acids is 1. The minimum absolute atomic E-state index is 0.0937. The molecular weight excluding hydrogens is 246 g/mol. The van der Waals surface area contributed by atoms with Gasteiger partial charge in [-0.25, -0.2) is 0 Å². The van der Waals surface area contributed by atoms with E-state index < -0.39 is 5.97 Å². The molecule has 0 unspecified atom stereocenters. The number of phenols is 1. The van der Waals surface area contributed by atoms with Crippen LogP contribution >= 0.6 is 0 Å². The van der Waals surface area contributed by atoms with Crippen molar-refractivity contribution < 1.29 is 19.8 Å². The third kappa shape index (κ3) is 7.08. The molecule has 1 rings (SSSR count). The predicted octanol–water partition coefficient (Wildman–Crippen LogP) is 1.70. The van der Waals surface area contributed by atoms with Gasteiger partial charge in [0.25, 0.3) is 0 Å². The van der Waals surface area contributed by atoms with Gasteiger partial charge >= 0.3 is 5.97 Å². The molecule has 0 fully saturated rings. The summed E-state index contributed by atoms with van der Waals surface area (Å²) in [5, 5.41) is 20.5. The average molecular weight is 265 g/mol. The maximum atomic E-state index is 11.6. The molecular formula is C14H19NO4. The summed E-state index contributed by atoms with van der Waals surface area (Å²) in [5.41, 5.74) is 0.767. The molecule has 1 aromatic rings. The molecule has 0 aliphatic carbocycles. The van der Waals surface area contributed by atoms with E-state index in [1.54, 1.807) is 24.3 Å². The lowest BCUT2D eigenvalue weighted by Gasteiger charge is -2.05. The minimum Gasteiger partial charge on any atom is -0.508 e. The maximum Gasteiger partial charge on any atom is 0.303 e. The van der Waals surface area contributed by atoms with Crippen LogP contribution in [-0.4, -0.2) is 28.6 Å². The molecule has 0 radical (unpaired) electrons. The third-order valence-electron chi connectivity index (χ3n) is 2.66. The second-order valence-electron chi connectivity index (χ2n) is 4.40. The van der Waals surface area contributed by atoms with Crippen molar-refractivity contribution in [1.29, 1.82) is 0 Å². The molecule has 0 heterocycles. The third-order valence-corrected chi connectivity index (χ3v) is 2.66. The number of hydrogen-bond donors (Lipinski definition) is 3. The van der Waals surface area contributed by atoms with E-state index in [-0.39, 0.29) is 24.5 Å². The number of amides is 1. The van der Waals surface area contributed by atoms with Gasteiger partial charge in [0, 0.05) is 13.0 Å². The van der Waals surface area contributed by atoms with E-state index in [0.717, 1.165) is 18.4 Å². The summed E-state index contributed by atoms with van der Waals surface area (Å²) in [6, 6.07) is 6.60. The molecule has 0 atom stereocenters. The molecule has 5 nitrogen and oxygen atoms in total. The smallest absolute Gasteiger partial charge is 0.303 e. The van der Waals surface area contributed by atoms with Gasteiger partial charge in [-0.3, -0.25) is 9.59 Å². The van der Waals surface area contributed by atoms with Gasteiger partial charge in [-0.05, 0) is 30.5 Å². The number of aromatic hydroxyl groups is 1. The van der Waals surface area contributed by atoms with E-state index in [9.17, 15) is 14.7 Å². The number of phenolic OH excluding ortho intramolecular Hbond substituents is 1. The maximum absolute atomic E-state index is 11.6. The normalized spacial score (nSPS) is 10.1. The van der Waals surface area contributed by atoms with Gasteiger partial charge in [0.2, 0.25) is 5.91 Å². The first kappa shape index (κ1) is 15.0. The van der Waals surface area contributed by atoms with Gasteiger partial charge in [-0.1, -0.05) is 18.6 Å². The highest BCUT2D eigenvalue weighted by molar-refractivity contribution is 5.78. The Balaban J connectivity index is 2.13. The molecule has 0 aromatic heterocycles. The molecule has 5 heteroatoms. The summed E-state index contributed by atoms with van der Waals surface area (Å²) in [5.74, 6) is -0.726. The Morgan fingerprint density at radius 1 is 1.16 bits per heavy atom. The van der Waals surface area contributed by atoms with E-state index >= 15 is 0 Å². The molecule has 1 amide bonds. The zero-order valence-electron chi connectivity index (χ0n) is 10.8. The molecule has 3 N–H and O–H groups in total. The molecule has 0 saturated carbocycles. The van der Waals surface area contributed by atoms with Crippen LogP contribution in [-0.2, 0) is 16.0 Å². The molecule has 19 heavy (non-hydrogen) atoms. The lowest BCUT2D eigenvalue weighted by Crippen LogP contribution is -2.26. The largest absolute Gasteiger partial charge is 0.508 e. The quantitative estimate of drug-likeness (QED) is 0.624. The van der Waals surface area contributed by atoms with Crippen molar-refractivity contribution in [1.82, 2.24) is 5.32 Å². The van der Waals surface area contributed by atoms with Crippen LogP contribution in [0.15, 0.2) is 24.3 Å². The van der Waals surface area contributed by atoms with Crippen LogP contribution in [0.3, 0.4) is 0 Å². The fourth-order valence-electron chi connectivity index (χ4n) is 1.72.